The number of nitrogens with zero attached hydrogens (tertiary/aromatic N) is 4. The summed E-state index contributed by atoms with van der Waals surface area (Å²) < 4.78 is 22.0. The Bertz CT molecular complexity index is 1020. The van der Waals surface area contributed by atoms with Gasteiger partial charge in [-0.05, 0) is 17.7 Å². The summed E-state index contributed by atoms with van der Waals surface area (Å²) >= 11 is 5.82. The lowest BCUT2D eigenvalue weighted by molar-refractivity contribution is -0.0627. The summed E-state index contributed by atoms with van der Waals surface area (Å²) in [4.78, 5) is 10.9. The number of hydrogen-bond acceptors (Lipinski definition) is 7. The smallest absolute Gasteiger partial charge is 0.202 e. The molecule has 3 aromatic rings. The summed E-state index contributed by atoms with van der Waals surface area (Å²) in [5.74, 6) is 5.28. The molecule has 1 aromatic carbocycles. The number of benzene rings is 1. The van der Waals surface area contributed by atoms with Crippen LogP contribution in [0.5, 0.6) is 0 Å². The predicted octanol–water partition coefficient (Wildman–Crippen LogP) is 0.517. The quantitative estimate of drug-likeness (QED) is 0.378. The van der Waals surface area contributed by atoms with Crippen molar-refractivity contribution in [3.8, 4) is 0 Å². The minimum absolute atomic E-state index is 0.191. The van der Waals surface area contributed by atoms with Gasteiger partial charge in [-0.3, -0.25) is 4.57 Å². The molecule has 0 unspecified atom stereocenters. The molecule has 2 aromatic heterocycles. The Morgan fingerprint density at radius 2 is 2.00 bits per heavy atom. The van der Waals surface area contributed by atoms with Gasteiger partial charge in [0.1, 0.15) is 24.0 Å². The van der Waals surface area contributed by atoms with E-state index in [1.165, 1.54) is 29.4 Å². The second kappa shape index (κ2) is 6.89. The molecule has 1 fully saturated rings. The van der Waals surface area contributed by atoms with Crippen molar-refractivity contribution in [2.75, 3.05) is 0 Å². The van der Waals surface area contributed by atoms with E-state index in [9.17, 15) is 14.6 Å². The van der Waals surface area contributed by atoms with Crippen molar-refractivity contribution in [2.24, 2.45) is 10.9 Å². The topological polar surface area (TPSA) is 135 Å². The van der Waals surface area contributed by atoms with Gasteiger partial charge < -0.3 is 25.8 Å². The highest BCUT2D eigenvalue weighted by Gasteiger charge is 2.48. The standard InChI is InChI=1S/C16H16ClFN6O3/c17-8-3-1-7(2-4-8)9(18)13-11(25)12(26)16(27-13)24-6-22-10-14(23-19)20-5-21-15(10)24/h1-6,9,11-13,16,25-26H,19H2,(H,20,21,23)/t9-,11+,12-,13-,16-/m1/s1. The maximum Gasteiger partial charge on any atom is 0.202 e. The molecule has 0 aliphatic carbocycles. The Labute approximate surface area is 156 Å². The second-order valence-electron chi connectivity index (χ2n) is 6.13. The predicted molar refractivity (Wildman–Crippen MR) is 92.9 cm³/mol. The number of alkyl halides is 1. The zero-order valence-corrected chi connectivity index (χ0v) is 14.5. The highest BCUT2D eigenvalue weighted by atomic mass is 35.5. The van der Waals surface area contributed by atoms with Crippen LogP contribution >= 0.6 is 11.6 Å². The summed E-state index contributed by atoms with van der Waals surface area (Å²) in [7, 11) is 0. The third-order valence-electron chi connectivity index (χ3n) is 4.54. The Morgan fingerprint density at radius 1 is 1.26 bits per heavy atom. The normalized spacial score (nSPS) is 27.3. The van der Waals surface area contributed by atoms with Crippen LogP contribution < -0.4 is 11.3 Å². The third kappa shape index (κ3) is 2.96. The Balaban J connectivity index is 1.67. The molecule has 5 atom stereocenters. The Hall–Kier alpha value is -2.53. The molecule has 0 bridgehead atoms. The van der Waals surface area contributed by atoms with Crippen molar-refractivity contribution in [2.45, 2.75) is 30.7 Å². The molecule has 3 heterocycles. The number of aromatic nitrogens is 4. The Kier molecular flexibility index (Phi) is 4.56. The SMILES string of the molecule is NN=c1nc[nH]c2c1ncn2[C@@H]1O[C@H]([C@H](F)c2ccc(Cl)cc2)[C@@H](O)[C@H]1O. The molecule has 0 spiro atoms. The van der Waals surface area contributed by atoms with Crippen LogP contribution in [0.4, 0.5) is 4.39 Å². The van der Waals surface area contributed by atoms with Gasteiger partial charge in [-0.25, -0.2) is 14.4 Å². The lowest BCUT2D eigenvalue weighted by Gasteiger charge is -2.19. The van der Waals surface area contributed by atoms with E-state index in [4.69, 9.17) is 22.2 Å². The van der Waals surface area contributed by atoms with Gasteiger partial charge in [-0.1, -0.05) is 23.7 Å². The molecule has 0 saturated carbocycles. The first-order chi connectivity index (χ1) is 13.0. The number of H-pyrrole nitrogens is 1. The van der Waals surface area contributed by atoms with Gasteiger partial charge in [0, 0.05) is 5.02 Å². The van der Waals surface area contributed by atoms with Crippen LogP contribution in [0.15, 0.2) is 42.0 Å². The summed E-state index contributed by atoms with van der Waals surface area (Å²) in [6, 6.07) is 6.09. The summed E-state index contributed by atoms with van der Waals surface area (Å²) in [6.45, 7) is 0. The second-order valence-corrected chi connectivity index (χ2v) is 6.57. The molecule has 142 valence electrons. The minimum Gasteiger partial charge on any atom is -0.387 e. The summed E-state index contributed by atoms with van der Waals surface area (Å²) in [5.41, 5.74) is 1.24. The fourth-order valence-corrected chi connectivity index (χ4v) is 3.29. The van der Waals surface area contributed by atoms with E-state index in [0.29, 0.717) is 16.2 Å². The zero-order chi connectivity index (χ0) is 19.1. The Morgan fingerprint density at radius 3 is 2.70 bits per heavy atom. The number of halogens is 2. The van der Waals surface area contributed by atoms with Crippen LogP contribution in [-0.2, 0) is 4.74 Å². The maximum absolute atomic E-state index is 14.9. The van der Waals surface area contributed by atoms with Crippen molar-refractivity contribution in [1.82, 2.24) is 19.5 Å². The first kappa shape index (κ1) is 17.9. The number of imidazole rings is 1. The van der Waals surface area contributed by atoms with Crippen molar-refractivity contribution in [1.29, 1.82) is 0 Å². The van der Waals surface area contributed by atoms with E-state index in [0.717, 1.165) is 0 Å². The lowest BCUT2D eigenvalue weighted by Crippen LogP contribution is -2.33. The van der Waals surface area contributed by atoms with E-state index < -0.39 is 30.7 Å². The minimum atomic E-state index is -1.66. The molecule has 5 N–H and O–H groups in total. The largest absolute Gasteiger partial charge is 0.387 e. The number of nitrogens with two attached hydrogens (primary N) is 1. The molecule has 0 radical (unpaired) electrons. The van der Waals surface area contributed by atoms with Crippen LogP contribution in [0.25, 0.3) is 11.2 Å². The number of fused-ring (bicyclic) bond motifs is 1. The van der Waals surface area contributed by atoms with Crippen LogP contribution in [0.1, 0.15) is 18.0 Å². The van der Waals surface area contributed by atoms with E-state index >= 15 is 0 Å². The fraction of sp³-hybridized carbons (Fsp3) is 0.312. The van der Waals surface area contributed by atoms with Crippen molar-refractivity contribution in [3.63, 3.8) is 0 Å². The van der Waals surface area contributed by atoms with Crippen molar-refractivity contribution >= 4 is 22.8 Å². The number of rotatable bonds is 3. The molecule has 4 rings (SSSR count). The van der Waals surface area contributed by atoms with Crippen LogP contribution in [0.3, 0.4) is 0 Å². The maximum atomic E-state index is 14.9. The van der Waals surface area contributed by atoms with Crippen LogP contribution in [0.2, 0.25) is 5.02 Å². The number of aliphatic hydroxyl groups is 2. The van der Waals surface area contributed by atoms with Gasteiger partial charge in [-0.15, -0.1) is 0 Å². The first-order valence-corrected chi connectivity index (χ1v) is 8.44. The van der Waals surface area contributed by atoms with E-state index in [1.807, 2.05) is 0 Å². The lowest BCUT2D eigenvalue weighted by atomic mass is 10.0. The molecule has 9 nitrogen and oxygen atoms in total. The molecule has 1 saturated heterocycles. The van der Waals surface area contributed by atoms with Crippen molar-refractivity contribution in [3.05, 3.63) is 53.0 Å². The van der Waals surface area contributed by atoms with Crippen LogP contribution in [0, 0.1) is 0 Å². The van der Waals surface area contributed by atoms with Crippen LogP contribution in [-0.4, -0.2) is 48.0 Å². The summed E-state index contributed by atoms with van der Waals surface area (Å²) in [6.07, 6.45) is -4.10. The average Bonchev–Trinajstić information content (AvgIpc) is 3.23. The molecule has 1 aliphatic heterocycles. The van der Waals surface area contributed by atoms with E-state index in [2.05, 4.69) is 20.1 Å². The van der Waals surface area contributed by atoms with E-state index in [-0.39, 0.29) is 11.1 Å². The number of nitrogens with one attached hydrogen (secondary N) is 1. The monoisotopic (exact) mass is 394 g/mol. The van der Waals surface area contributed by atoms with Gasteiger partial charge in [0.05, 0.1) is 12.7 Å². The third-order valence-corrected chi connectivity index (χ3v) is 4.79. The fourth-order valence-electron chi connectivity index (χ4n) is 3.16. The highest BCUT2D eigenvalue weighted by molar-refractivity contribution is 6.30. The number of aromatic amines is 1. The molecular weight excluding hydrogens is 379 g/mol. The molecule has 1 aliphatic rings. The molecule has 0 amide bonds. The van der Waals surface area contributed by atoms with Gasteiger partial charge in [0.25, 0.3) is 0 Å². The number of ether oxygens (including phenoxy) is 1. The number of hydrogen-bond donors (Lipinski definition) is 4. The molecular formula is C16H16ClFN6O3. The van der Waals surface area contributed by atoms with Gasteiger partial charge >= 0.3 is 0 Å². The molecule has 27 heavy (non-hydrogen) atoms. The first-order valence-electron chi connectivity index (χ1n) is 8.06. The summed E-state index contributed by atoms with van der Waals surface area (Å²) in [5, 5.41) is 24.8. The number of aliphatic hydroxyl groups excluding tert-OH is 2. The zero-order valence-electron chi connectivity index (χ0n) is 13.8. The van der Waals surface area contributed by atoms with Gasteiger partial charge in [0.2, 0.25) is 5.49 Å². The van der Waals surface area contributed by atoms with Gasteiger partial charge in [0.15, 0.2) is 17.9 Å². The molecule has 11 heteroatoms. The van der Waals surface area contributed by atoms with Crippen molar-refractivity contribution < 1.29 is 19.3 Å². The highest BCUT2D eigenvalue weighted by Crippen LogP contribution is 2.38. The van der Waals surface area contributed by atoms with E-state index in [1.54, 1.807) is 12.1 Å². The van der Waals surface area contributed by atoms with Gasteiger partial charge in [-0.2, -0.15) is 5.10 Å². The average molecular weight is 395 g/mol.